The Morgan fingerprint density at radius 1 is 1.50 bits per heavy atom. The van der Waals surface area contributed by atoms with E-state index in [0.717, 1.165) is 32.7 Å². The van der Waals surface area contributed by atoms with Gasteiger partial charge in [-0.05, 0) is 12.3 Å². The predicted octanol–water partition coefficient (Wildman–Crippen LogP) is 1.40. The van der Waals surface area contributed by atoms with Crippen molar-refractivity contribution in [2.45, 2.75) is 25.4 Å². The molecule has 0 bridgehead atoms. The van der Waals surface area contributed by atoms with Crippen LogP contribution in [-0.2, 0) is 4.74 Å². The summed E-state index contributed by atoms with van der Waals surface area (Å²) in [4.78, 5) is 2.52. The molecular formula is C12H19ClN4O. The van der Waals surface area contributed by atoms with Gasteiger partial charge in [-0.25, -0.2) is 4.68 Å². The number of halogens is 1. The summed E-state index contributed by atoms with van der Waals surface area (Å²) in [5.74, 6) is 0.524. The van der Waals surface area contributed by atoms with Crippen molar-refractivity contribution in [2.24, 2.45) is 5.92 Å². The van der Waals surface area contributed by atoms with Crippen molar-refractivity contribution in [1.82, 2.24) is 14.7 Å². The predicted molar refractivity (Wildman–Crippen MR) is 70.6 cm³/mol. The van der Waals surface area contributed by atoms with Crippen LogP contribution in [0.2, 0.25) is 5.15 Å². The minimum absolute atomic E-state index is 0.354. The van der Waals surface area contributed by atoms with Crippen LogP contribution >= 0.6 is 11.6 Å². The highest BCUT2D eigenvalue weighted by Crippen LogP contribution is 2.33. The molecule has 2 aliphatic rings. The summed E-state index contributed by atoms with van der Waals surface area (Å²) in [6.45, 7) is 6.18. The highest BCUT2D eigenvalue weighted by atomic mass is 35.5. The van der Waals surface area contributed by atoms with Crippen LogP contribution in [0.25, 0.3) is 0 Å². The van der Waals surface area contributed by atoms with Crippen LogP contribution in [0.5, 0.6) is 0 Å². The molecule has 0 saturated carbocycles. The Balaban J connectivity index is 1.70. The van der Waals surface area contributed by atoms with E-state index < -0.39 is 0 Å². The second-order valence-corrected chi connectivity index (χ2v) is 5.71. The zero-order chi connectivity index (χ0) is 12.7. The lowest BCUT2D eigenvalue weighted by molar-refractivity contribution is -0.0807. The van der Waals surface area contributed by atoms with Gasteiger partial charge >= 0.3 is 0 Å². The van der Waals surface area contributed by atoms with E-state index >= 15 is 0 Å². The standard InChI is InChI=1S/C12H19ClN4O/c1-8-5-16(9-6-18-7-9)3-2-11(8)17-12(13)10(14)4-15-17/h4,8-9,11H,2-3,5-7,14H2,1H3/t8-,11+/m1/s1. The molecule has 1 aromatic heterocycles. The highest BCUT2D eigenvalue weighted by molar-refractivity contribution is 6.32. The fourth-order valence-corrected chi connectivity index (χ4v) is 3.10. The summed E-state index contributed by atoms with van der Waals surface area (Å²) in [7, 11) is 0. The SMILES string of the molecule is C[C@@H]1CN(C2COC2)CC[C@@H]1n1ncc(N)c1Cl. The van der Waals surface area contributed by atoms with Crippen molar-refractivity contribution in [1.29, 1.82) is 0 Å². The molecule has 2 atom stereocenters. The lowest BCUT2D eigenvalue weighted by atomic mass is 9.92. The number of likely N-dealkylation sites (tertiary alicyclic amines) is 1. The molecule has 5 nitrogen and oxygen atoms in total. The average molecular weight is 271 g/mol. The Morgan fingerprint density at radius 2 is 2.28 bits per heavy atom. The van der Waals surface area contributed by atoms with Gasteiger partial charge in [-0.1, -0.05) is 18.5 Å². The van der Waals surface area contributed by atoms with E-state index in [-0.39, 0.29) is 0 Å². The first-order valence-corrected chi connectivity index (χ1v) is 6.85. The summed E-state index contributed by atoms with van der Waals surface area (Å²) >= 11 is 6.19. The number of nitrogen functional groups attached to an aromatic ring is 1. The first kappa shape index (κ1) is 12.3. The molecule has 6 heteroatoms. The Labute approximate surface area is 112 Å². The fraction of sp³-hybridized carbons (Fsp3) is 0.750. The summed E-state index contributed by atoms with van der Waals surface area (Å²) in [5, 5.41) is 4.89. The molecular weight excluding hydrogens is 252 g/mol. The Bertz CT molecular complexity index is 432. The van der Waals surface area contributed by atoms with Crippen LogP contribution in [0.3, 0.4) is 0 Å². The molecule has 0 radical (unpaired) electrons. The molecule has 18 heavy (non-hydrogen) atoms. The van der Waals surface area contributed by atoms with Crippen molar-refractivity contribution in [3.8, 4) is 0 Å². The highest BCUT2D eigenvalue weighted by Gasteiger charge is 2.34. The van der Waals surface area contributed by atoms with Crippen LogP contribution in [0.4, 0.5) is 5.69 Å². The maximum absolute atomic E-state index is 6.19. The summed E-state index contributed by atoms with van der Waals surface area (Å²) in [6.07, 6.45) is 2.71. The molecule has 3 heterocycles. The minimum atomic E-state index is 0.354. The largest absolute Gasteiger partial charge is 0.395 e. The number of hydrogen-bond acceptors (Lipinski definition) is 4. The maximum Gasteiger partial charge on any atom is 0.150 e. The van der Waals surface area contributed by atoms with Gasteiger partial charge in [-0.15, -0.1) is 0 Å². The molecule has 3 rings (SSSR count). The molecule has 0 amide bonds. The lowest BCUT2D eigenvalue weighted by Crippen LogP contribution is -2.54. The van der Waals surface area contributed by atoms with Crippen LogP contribution in [0.1, 0.15) is 19.4 Å². The first-order valence-electron chi connectivity index (χ1n) is 6.47. The quantitative estimate of drug-likeness (QED) is 0.883. The van der Waals surface area contributed by atoms with Crippen molar-refractivity contribution in [3.63, 3.8) is 0 Å². The third-order valence-electron chi connectivity index (χ3n) is 4.10. The summed E-state index contributed by atoms with van der Waals surface area (Å²) in [5.41, 5.74) is 6.32. The van der Waals surface area contributed by atoms with Gasteiger partial charge in [-0.3, -0.25) is 4.90 Å². The number of rotatable bonds is 2. The third-order valence-corrected chi connectivity index (χ3v) is 4.49. The van der Waals surface area contributed by atoms with Gasteiger partial charge in [0.1, 0.15) is 5.15 Å². The monoisotopic (exact) mass is 270 g/mol. The van der Waals surface area contributed by atoms with E-state index in [1.165, 1.54) is 0 Å². The number of ether oxygens (including phenoxy) is 1. The van der Waals surface area contributed by atoms with Gasteiger partial charge < -0.3 is 10.5 Å². The van der Waals surface area contributed by atoms with Crippen molar-refractivity contribution in [3.05, 3.63) is 11.3 Å². The molecule has 2 N–H and O–H groups in total. The number of piperidine rings is 1. The van der Waals surface area contributed by atoms with Crippen LogP contribution in [0, 0.1) is 5.92 Å². The first-order chi connectivity index (χ1) is 8.66. The molecule has 100 valence electrons. The topological polar surface area (TPSA) is 56.3 Å². The second kappa shape index (κ2) is 4.72. The molecule has 0 unspecified atom stereocenters. The molecule has 1 aromatic rings. The maximum atomic E-state index is 6.19. The average Bonchev–Trinajstić information content (AvgIpc) is 2.58. The van der Waals surface area contributed by atoms with Gasteiger partial charge in [0, 0.05) is 13.1 Å². The molecule has 0 aromatic carbocycles. The van der Waals surface area contributed by atoms with Crippen LogP contribution in [0.15, 0.2) is 6.20 Å². The van der Waals surface area contributed by atoms with Crippen molar-refractivity contribution in [2.75, 3.05) is 32.0 Å². The van der Waals surface area contributed by atoms with E-state index in [4.69, 9.17) is 22.1 Å². The van der Waals surface area contributed by atoms with E-state index in [0.29, 0.717) is 28.8 Å². The number of anilines is 1. The molecule has 0 spiro atoms. The Hall–Kier alpha value is -0.780. The van der Waals surface area contributed by atoms with E-state index in [2.05, 4.69) is 16.9 Å². The smallest absolute Gasteiger partial charge is 0.150 e. The summed E-state index contributed by atoms with van der Waals surface area (Å²) in [6, 6.07) is 0.971. The Kier molecular flexibility index (Phi) is 3.21. The Morgan fingerprint density at radius 3 is 2.78 bits per heavy atom. The number of nitrogens with two attached hydrogens (primary N) is 1. The van der Waals surface area contributed by atoms with Crippen LogP contribution in [-0.4, -0.2) is 47.0 Å². The van der Waals surface area contributed by atoms with E-state index in [1.807, 2.05) is 4.68 Å². The van der Waals surface area contributed by atoms with Crippen LogP contribution < -0.4 is 5.73 Å². The lowest BCUT2D eigenvalue weighted by Gasteiger charge is -2.44. The molecule has 2 saturated heterocycles. The fourth-order valence-electron chi connectivity index (χ4n) is 2.89. The minimum Gasteiger partial charge on any atom is -0.395 e. The number of nitrogens with zero attached hydrogens (tertiary/aromatic N) is 3. The molecule has 2 aliphatic heterocycles. The normalized spacial score (nSPS) is 30.3. The molecule has 0 aliphatic carbocycles. The van der Waals surface area contributed by atoms with E-state index in [9.17, 15) is 0 Å². The zero-order valence-corrected chi connectivity index (χ0v) is 11.3. The van der Waals surface area contributed by atoms with Gasteiger partial charge in [0.05, 0.1) is 37.2 Å². The zero-order valence-electron chi connectivity index (χ0n) is 10.6. The van der Waals surface area contributed by atoms with Crippen molar-refractivity contribution >= 4 is 17.3 Å². The number of aromatic nitrogens is 2. The van der Waals surface area contributed by atoms with E-state index in [1.54, 1.807) is 6.20 Å². The van der Waals surface area contributed by atoms with Crippen molar-refractivity contribution < 1.29 is 4.74 Å². The van der Waals surface area contributed by atoms with Gasteiger partial charge in [-0.2, -0.15) is 5.10 Å². The third kappa shape index (κ3) is 2.00. The second-order valence-electron chi connectivity index (χ2n) is 5.35. The van der Waals surface area contributed by atoms with Gasteiger partial charge in [0.2, 0.25) is 0 Å². The molecule has 2 fully saturated rings. The summed E-state index contributed by atoms with van der Waals surface area (Å²) < 4.78 is 7.15. The van der Waals surface area contributed by atoms with Gasteiger partial charge in [0.15, 0.2) is 0 Å². The number of hydrogen-bond donors (Lipinski definition) is 1. The van der Waals surface area contributed by atoms with Gasteiger partial charge in [0.25, 0.3) is 0 Å².